The fourth-order valence-electron chi connectivity index (χ4n) is 1.30. The first-order valence-electron chi connectivity index (χ1n) is 5.23. The van der Waals surface area contributed by atoms with Crippen LogP contribution in [0.3, 0.4) is 0 Å². The molecule has 2 aromatic rings. The Morgan fingerprint density at radius 1 is 1.53 bits per heavy atom. The van der Waals surface area contributed by atoms with Gasteiger partial charge in [0.05, 0.1) is 0 Å². The van der Waals surface area contributed by atoms with E-state index in [9.17, 15) is 4.79 Å². The Morgan fingerprint density at radius 2 is 2.35 bits per heavy atom. The summed E-state index contributed by atoms with van der Waals surface area (Å²) in [5, 5.41) is 7.79. The van der Waals surface area contributed by atoms with Crippen molar-refractivity contribution in [2.45, 2.75) is 26.2 Å². The summed E-state index contributed by atoms with van der Waals surface area (Å²) in [7, 11) is 0. The normalized spacial score (nSPS) is 10.7. The lowest BCUT2D eigenvalue weighted by Gasteiger charge is -1.98. The predicted octanol–water partition coefficient (Wildman–Crippen LogP) is 1.38. The summed E-state index contributed by atoms with van der Waals surface area (Å²) >= 11 is 5.84. The molecule has 2 heterocycles. The highest BCUT2D eigenvalue weighted by Gasteiger charge is 2.16. The molecule has 0 unspecified atom stereocenters. The third-order valence-electron chi connectivity index (χ3n) is 2.16. The van der Waals surface area contributed by atoms with Gasteiger partial charge in [0.1, 0.15) is 12.7 Å². The number of nitrogens with zero attached hydrogens (tertiary/aromatic N) is 6. The van der Waals surface area contributed by atoms with Crippen LogP contribution in [-0.4, -0.2) is 35.6 Å². The van der Waals surface area contributed by atoms with Crippen LogP contribution in [0.25, 0.3) is 0 Å². The van der Waals surface area contributed by atoms with Crippen LogP contribution in [0.4, 0.5) is 4.79 Å². The Balaban J connectivity index is 2.21. The molecular weight excluding hydrogens is 244 g/mol. The molecule has 0 aliphatic heterocycles. The standard InChI is InChI=1S/C9H11ClN6O/c1-2-3-4-7-13-8(10)16(14-7)9(17)15-6-11-5-12-15/h5-6H,2-4H2,1H3. The van der Waals surface area contributed by atoms with Crippen LogP contribution in [0.2, 0.25) is 5.28 Å². The van der Waals surface area contributed by atoms with Crippen molar-refractivity contribution < 1.29 is 4.79 Å². The van der Waals surface area contributed by atoms with E-state index in [1.807, 2.05) is 0 Å². The van der Waals surface area contributed by atoms with Gasteiger partial charge in [-0.3, -0.25) is 0 Å². The maximum atomic E-state index is 11.9. The quantitative estimate of drug-likeness (QED) is 0.827. The van der Waals surface area contributed by atoms with Gasteiger partial charge in [0.25, 0.3) is 0 Å². The van der Waals surface area contributed by atoms with E-state index in [0.717, 1.165) is 22.2 Å². The molecule has 8 heteroatoms. The molecule has 0 radical (unpaired) electrons. The lowest BCUT2D eigenvalue weighted by molar-refractivity contribution is 0.238. The zero-order valence-corrected chi connectivity index (χ0v) is 10.0. The SMILES string of the molecule is CCCCc1nc(Cl)n(C(=O)n2cncn2)n1. The number of hydrogen-bond acceptors (Lipinski definition) is 5. The maximum absolute atomic E-state index is 11.9. The van der Waals surface area contributed by atoms with Crippen LogP contribution in [0.1, 0.15) is 25.6 Å². The van der Waals surface area contributed by atoms with Crippen LogP contribution >= 0.6 is 11.6 Å². The average molecular weight is 255 g/mol. The summed E-state index contributed by atoms with van der Waals surface area (Å²) in [5.41, 5.74) is 0. The maximum Gasteiger partial charge on any atom is 0.373 e. The van der Waals surface area contributed by atoms with Crippen molar-refractivity contribution in [3.8, 4) is 0 Å². The van der Waals surface area contributed by atoms with E-state index in [4.69, 9.17) is 11.6 Å². The molecule has 0 aliphatic rings. The van der Waals surface area contributed by atoms with E-state index in [-0.39, 0.29) is 5.28 Å². The molecule has 90 valence electrons. The summed E-state index contributed by atoms with van der Waals surface area (Å²) in [6.45, 7) is 2.07. The van der Waals surface area contributed by atoms with Gasteiger partial charge in [0.15, 0.2) is 5.82 Å². The lowest BCUT2D eigenvalue weighted by Crippen LogP contribution is -2.21. The Hall–Kier alpha value is -1.76. The summed E-state index contributed by atoms with van der Waals surface area (Å²) in [6, 6.07) is -0.497. The summed E-state index contributed by atoms with van der Waals surface area (Å²) in [5.74, 6) is 0.560. The smallest absolute Gasteiger partial charge is 0.243 e. The monoisotopic (exact) mass is 254 g/mol. The largest absolute Gasteiger partial charge is 0.373 e. The van der Waals surface area contributed by atoms with Crippen LogP contribution in [0, 0.1) is 0 Å². The van der Waals surface area contributed by atoms with Gasteiger partial charge in [-0.25, -0.2) is 14.8 Å². The van der Waals surface area contributed by atoms with E-state index < -0.39 is 6.03 Å². The van der Waals surface area contributed by atoms with Crippen LogP contribution in [-0.2, 0) is 6.42 Å². The van der Waals surface area contributed by atoms with Crippen LogP contribution in [0.5, 0.6) is 0 Å². The van der Waals surface area contributed by atoms with Gasteiger partial charge in [0, 0.05) is 6.42 Å². The molecular formula is C9H11ClN6O. The fraction of sp³-hybridized carbons (Fsp3) is 0.444. The summed E-state index contributed by atoms with van der Waals surface area (Å²) in [6.07, 6.45) is 5.24. The van der Waals surface area contributed by atoms with Gasteiger partial charge in [-0.15, -0.1) is 9.78 Å². The zero-order valence-electron chi connectivity index (χ0n) is 9.25. The molecule has 0 aliphatic carbocycles. The number of rotatable bonds is 3. The molecule has 0 spiro atoms. The Bertz CT molecular complexity index is 506. The minimum atomic E-state index is -0.497. The van der Waals surface area contributed by atoms with Gasteiger partial charge in [-0.05, 0) is 18.0 Å². The molecule has 0 amide bonds. The second-order valence-electron chi connectivity index (χ2n) is 3.44. The Labute approximate surface area is 102 Å². The van der Waals surface area contributed by atoms with Crippen molar-refractivity contribution in [2.24, 2.45) is 0 Å². The average Bonchev–Trinajstić information content (AvgIpc) is 2.94. The van der Waals surface area contributed by atoms with Gasteiger partial charge in [-0.1, -0.05) is 13.3 Å². The van der Waals surface area contributed by atoms with Gasteiger partial charge < -0.3 is 0 Å². The van der Waals surface area contributed by atoms with Crippen molar-refractivity contribution in [1.82, 2.24) is 29.5 Å². The number of unbranched alkanes of at least 4 members (excludes halogenated alkanes) is 1. The molecule has 0 aromatic carbocycles. The summed E-state index contributed by atoms with van der Waals surface area (Å²) in [4.78, 5) is 19.5. The molecule has 0 saturated carbocycles. The van der Waals surface area contributed by atoms with Crippen molar-refractivity contribution in [1.29, 1.82) is 0 Å². The van der Waals surface area contributed by atoms with Crippen molar-refractivity contribution >= 4 is 17.6 Å². The second-order valence-corrected chi connectivity index (χ2v) is 3.77. The summed E-state index contributed by atoms with van der Waals surface area (Å²) < 4.78 is 2.06. The highest BCUT2D eigenvalue weighted by molar-refractivity contribution is 6.29. The highest BCUT2D eigenvalue weighted by Crippen LogP contribution is 2.08. The molecule has 0 saturated heterocycles. The first-order valence-corrected chi connectivity index (χ1v) is 5.61. The molecule has 0 fully saturated rings. The number of aromatic nitrogens is 6. The first kappa shape index (κ1) is 11.7. The lowest BCUT2D eigenvalue weighted by atomic mass is 10.2. The zero-order chi connectivity index (χ0) is 12.3. The minimum Gasteiger partial charge on any atom is -0.243 e. The van der Waals surface area contributed by atoms with Gasteiger partial charge in [0.2, 0.25) is 5.28 Å². The molecule has 2 aromatic heterocycles. The second kappa shape index (κ2) is 5.05. The van der Waals surface area contributed by atoms with E-state index in [2.05, 4.69) is 27.1 Å². The minimum absolute atomic E-state index is 0.0385. The number of carbonyl (C=O) groups is 1. The Kier molecular flexibility index (Phi) is 3.48. The van der Waals surface area contributed by atoms with Crippen LogP contribution < -0.4 is 0 Å². The Morgan fingerprint density at radius 3 is 3.00 bits per heavy atom. The number of halogens is 1. The first-order chi connectivity index (χ1) is 8.22. The fourth-order valence-corrected chi connectivity index (χ4v) is 1.51. The molecule has 0 atom stereocenters. The highest BCUT2D eigenvalue weighted by atomic mass is 35.5. The molecule has 2 rings (SSSR count). The molecule has 0 N–H and O–H groups in total. The van der Waals surface area contributed by atoms with E-state index in [1.165, 1.54) is 12.7 Å². The molecule has 7 nitrogen and oxygen atoms in total. The third-order valence-corrected chi connectivity index (χ3v) is 2.41. The van der Waals surface area contributed by atoms with E-state index in [1.54, 1.807) is 0 Å². The van der Waals surface area contributed by atoms with Gasteiger partial charge in [-0.2, -0.15) is 9.78 Å². The van der Waals surface area contributed by atoms with Crippen molar-refractivity contribution in [2.75, 3.05) is 0 Å². The topological polar surface area (TPSA) is 78.5 Å². The third kappa shape index (κ3) is 2.50. The number of aryl methyl sites for hydroxylation is 1. The predicted molar refractivity (Wildman–Crippen MR) is 59.9 cm³/mol. The van der Waals surface area contributed by atoms with Crippen LogP contribution in [0.15, 0.2) is 12.7 Å². The van der Waals surface area contributed by atoms with E-state index in [0.29, 0.717) is 12.2 Å². The van der Waals surface area contributed by atoms with Crippen molar-refractivity contribution in [3.63, 3.8) is 0 Å². The van der Waals surface area contributed by atoms with Crippen molar-refractivity contribution in [3.05, 3.63) is 23.8 Å². The van der Waals surface area contributed by atoms with Gasteiger partial charge >= 0.3 is 6.03 Å². The molecule has 17 heavy (non-hydrogen) atoms. The molecule has 0 bridgehead atoms. The number of carbonyl (C=O) groups excluding carboxylic acids is 1. The van der Waals surface area contributed by atoms with E-state index >= 15 is 0 Å². The number of hydrogen-bond donors (Lipinski definition) is 0.